The molecule has 0 spiro atoms. The summed E-state index contributed by atoms with van der Waals surface area (Å²) in [5.41, 5.74) is 0.678. The second-order valence-electron chi connectivity index (χ2n) is 4.90. The number of hydrogen-bond acceptors (Lipinski definition) is 4. The fraction of sp³-hybridized carbons (Fsp3) is 0.118. The number of para-hydroxylation sites is 1. The molecular weight excluding hydrogens is 296 g/mol. The number of carbonyl (C=O) groups is 1. The molecule has 118 valence electrons. The molecule has 0 aliphatic rings. The smallest absolute Gasteiger partial charge is 0.319 e. The van der Waals surface area contributed by atoms with Gasteiger partial charge in [0.15, 0.2) is 11.5 Å². The summed E-state index contributed by atoms with van der Waals surface area (Å²) in [6.45, 7) is 0.0315. The topological polar surface area (TPSA) is 87.6 Å². The van der Waals surface area contributed by atoms with E-state index < -0.39 is 12.1 Å². The second-order valence-corrected chi connectivity index (χ2v) is 4.90. The number of benzene rings is 1. The van der Waals surface area contributed by atoms with Crippen molar-refractivity contribution in [3.8, 4) is 11.5 Å². The molecule has 2 aromatic heterocycles. The quantitative estimate of drug-likeness (QED) is 0.674. The van der Waals surface area contributed by atoms with Gasteiger partial charge in [-0.05, 0) is 36.4 Å². The molecule has 3 N–H and O–H groups in total. The van der Waals surface area contributed by atoms with E-state index in [1.54, 1.807) is 42.7 Å². The minimum absolute atomic E-state index is 0.0315. The first-order valence-corrected chi connectivity index (χ1v) is 7.14. The van der Waals surface area contributed by atoms with Gasteiger partial charge in [0.05, 0.1) is 12.8 Å². The Morgan fingerprint density at radius 1 is 1.04 bits per heavy atom. The van der Waals surface area contributed by atoms with Gasteiger partial charge in [-0.1, -0.05) is 18.2 Å². The van der Waals surface area contributed by atoms with Crippen LogP contribution >= 0.6 is 0 Å². The molecular formula is C17H16N2O4. The molecule has 1 aromatic carbocycles. The molecule has 2 amide bonds. The van der Waals surface area contributed by atoms with Crippen molar-refractivity contribution in [2.24, 2.45) is 0 Å². The fourth-order valence-corrected chi connectivity index (χ4v) is 2.07. The third-order valence-electron chi connectivity index (χ3n) is 3.21. The highest BCUT2D eigenvalue weighted by molar-refractivity contribution is 5.89. The summed E-state index contributed by atoms with van der Waals surface area (Å²) in [6, 6.07) is 15.5. The van der Waals surface area contributed by atoms with Gasteiger partial charge in [-0.2, -0.15) is 0 Å². The molecule has 3 aromatic rings. The van der Waals surface area contributed by atoms with Gasteiger partial charge in [-0.25, -0.2) is 4.79 Å². The monoisotopic (exact) mass is 312 g/mol. The van der Waals surface area contributed by atoms with Gasteiger partial charge in [0.2, 0.25) is 0 Å². The van der Waals surface area contributed by atoms with Crippen LogP contribution in [0, 0.1) is 0 Å². The molecule has 0 saturated heterocycles. The molecule has 6 heteroatoms. The molecule has 1 atom stereocenters. The number of furan rings is 2. The molecule has 0 aliphatic heterocycles. The van der Waals surface area contributed by atoms with Gasteiger partial charge >= 0.3 is 6.03 Å². The van der Waals surface area contributed by atoms with E-state index in [0.29, 0.717) is 23.0 Å². The van der Waals surface area contributed by atoms with E-state index in [9.17, 15) is 9.90 Å². The predicted octanol–water partition coefficient (Wildman–Crippen LogP) is 3.39. The van der Waals surface area contributed by atoms with E-state index in [0.717, 1.165) is 0 Å². The number of amides is 2. The third kappa shape index (κ3) is 3.81. The highest BCUT2D eigenvalue weighted by Gasteiger charge is 2.15. The van der Waals surface area contributed by atoms with Crippen molar-refractivity contribution in [1.82, 2.24) is 5.32 Å². The van der Waals surface area contributed by atoms with E-state index in [2.05, 4.69) is 10.6 Å². The van der Waals surface area contributed by atoms with Crippen LogP contribution in [0.1, 0.15) is 11.9 Å². The summed E-state index contributed by atoms with van der Waals surface area (Å²) in [7, 11) is 0. The second kappa shape index (κ2) is 6.85. The molecule has 0 fully saturated rings. The average Bonchev–Trinajstić information content (AvgIpc) is 3.24. The minimum atomic E-state index is -0.944. The van der Waals surface area contributed by atoms with E-state index in [-0.39, 0.29) is 6.54 Å². The van der Waals surface area contributed by atoms with Crippen molar-refractivity contribution in [2.45, 2.75) is 6.10 Å². The van der Waals surface area contributed by atoms with Crippen LogP contribution in [-0.2, 0) is 0 Å². The van der Waals surface area contributed by atoms with E-state index in [1.807, 2.05) is 18.2 Å². The average molecular weight is 312 g/mol. The van der Waals surface area contributed by atoms with Crippen LogP contribution in [0.25, 0.3) is 11.5 Å². The number of urea groups is 1. The molecule has 23 heavy (non-hydrogen) atoms. The summed E-state index contributed by atoms with van der Waals surface area (Å²) in [5.74, 6) is 1.47. The maximum Gasteiger partial charge on any atom is 0.319 e. The summed E-state index contributed by atoms with van der Waals surface area (Å²) in [4.78, 5) is 11.8. The Hall–Kier alpha value is -2.99. The van der Waals surface area contributed by atoms with Gasteiger partial charge in [-0.15, -0.1) is 0 Å². The maximum absolute atomic E-state index is 11.8. The lowest BCUT2D eigenvalue weighted by atomic mass is 10.2. The van der Waals surface area contributed by atoms with E-state index in [4.69, 9.17) is 8.83 Å². The molecule has 0 bridgehead atoms. The molecule has 1 unspecified atom stereocenters. The van der Waals surface area contributed by atoms with Gasteiger partial charge < -0.3 is 24.6 Å². The van der Waals surface area contributed by atoms with Crippen LogP contribution in [0.4, 0.5) is 10.5 Å². The van der Waals surface area contributed by atoms with Crippen LogP contribution in [0.5, 0.6) is 0 Å². The minimum Gasteiger partial charge on any atom is -0.461 e. The Morgan fingerprint density at radius 2 is 1.87 bits per heavy atom. The highest BCUT2D eigenvalue weighted by Crippen LogP contribution is 2.25. The van der Waals surface area contributed by atoms with Crippen LogP contribution in [0.3, 0.4) is 0 Å². The molecule has 0 aliphatic carbocycles. The molecule has 2 heterocycles. The van der Waals surface area contributed by atoms with Crippen molar-refractivity contribution in [1.29, 1.82) is 0 Å². The highest BCUT2D eigenvalue weighted by atomic mass is 16.4. The van der Waals surface area contributed by atoms with Crippen LogP contribution < -0.4 is 10.6 Å². The first kappa shape index (κ1) is 14.9. The molecule has 0 radical (unpaired) electrons. The Morgan fingerprint density at radius 3 is 2.61 bits per heavy atom. The van der Waals surface area contributed by atoms with Crippen molar-refractivity contribution in [3.63, 3.8) is 0 Å². The van der Waals surface area contributed by atoms with Crippen molar-refractivity contribution in [2.75, 3.05) is 11.9 Å². The normalized spacial score (nSPS) is 11.9. The number of hydrogen-bond donors (Lipinski definition) is 3. The largest absolute Gasteiger partial charge is 0.461 e. The van der Waals surface area contributed by atoms with E-state index in [1.165, 1.54) is 0 Å². The van der Waals surface area contributed by atoms with Crippen LogP contribution in [0.2, 0.25) is 0 Å². The first-order valence-electron chi connectivity index (χ1n) is 7.14. The van der Waals surface area contributed by atoms with Crippen molar-refractivity contribution in [3.05, 3.63) is 66.6 Å². The Bertz CT molecular complexity index is 750. The fourth-order valence-electron chi connectivity index (χ4n) is 2.07. The van der Waals surface area contributed by atoms with Crippen LogP contribution in [0.15, 0.2) is 69.7 Å². The van der Waals surface area contributed by atoms with E-state index >= 15 is 0 Å². The number of rotatable bonds is 5. The van der Waals surface area contributed by atoms with Gasteiger partial charge in [0, 0.05) is 5.69 Å². The summed E-state index contributed by atoms with van der Waals surface area (Å²) >= 11 is 0. The Kier molecular flexibility index (Phi) is 4.44. The maximum atomic E-state index is 11.8. The van der Waals surface area contributed by atoms with Gasteiger partial charge in [-0.3, -0.25) is 0 Å². The van der Waals surface area contributed by atoms with Gasteiger partial charge in [0.1, 0.15) is 11.9 Å². The number of aliphatic hydroxyl groups excluding tert-OH is 1. The third-order valence-corrected chi connectivity index (χ3v) is 3.21. The Balaban J connectivity index is 1.53. The number of nitrogens with one attached hydrogen (secondary N) is 2. The standard InChI is InChI=1S/C17H16N2O4/c20-13(11-18-17(21)19-12-5-2-1-3-6-12)14-8-9-16(23-14)15-7-4-10-22-15/h1-10,13,20H,11H2,(H2,18,19,21). The number of aliphatic hydroxyl groups is 1. The zero-order valence-corrected chi connectivity index (χ0v) is 12.2. The summed E-state index contributed by atoms with van der Waals surface area (Å²) < 4.78 is 10.7. The van der Waals surface area contributed by atoms with Crippen molar-refractivity contribution < 1.29 is 18.7 Å². The number of anilines is 1. The van der Waals surface area contributed by atoms with Crippen molar-refractivity contribution >= 4 is 11.7 Å². The summed E-state index contributed by atoms with van der Waals surface area (Å²) in [6.07, 6.45) is 0.601. The lowest BCUT2D eigenvalue weighted by molar-refractivity contribution is 0.150. The zero-order chi connectivity index (χ0) is 16.1. The SMILES string of the molecule is O=C(NCC(O)c1ccc(-c2ccco2)o1)Nc1ccccc1. The summed E-state index contributed by atoms with van der Waals surface area (Å²) in [5, 5.41) is 15.3. The zero-order valence-electron chi connectivity index (χ0n) is 12.2. The lowest BCUT2D eigenvalue weighted by Crippen LogP contribution is -2.32. The molecule has 3 rings (SSSR count). The Labute approximate surface area is 132 Å². The van der Waals surface area contributed by atoms with Gasteiger partial charge in [0.25, 0.3) is 0 Å². The predicted molar refractivity (Wildman–Crippen MR) is 84.8 cm³/mol. The molecule has 0 saturated carbocycles. The molecule has 6 nitrogen and oxygen atoms in total. The van der Waals surface area contributed by atoms with Crippen LogP contribution in [-0.4, -0.2) is 17.7 Å². The first-order chi connectivity index (χ1) is 11.2. The number of carbonyl (C=O) groups excluding carboxylic acids is 1. The lowest BCUT2D eigenvalue weighted by Gasteiger charge is -2.10.